The number of carbonyl (C=O) groups excluding carboxylic acids is 2. The molecule has 7 nitrogen and oxygen atoms in total. The molecule has 2 N–H and O–H groups in total. The molecule has 1 atom stereocenters. The minimum Gasteiger partial charge on any atom is -0.462 e. The standard InChI is InChI=1S/C20H24N2O5/c1-12-17(19(23)25-10-13-5-3-2-4-6-13)18(22-20(24)21-12)14-7-8-15-16(9-14)27-11-26-15/h7-9,13,18H,2-6,10-11H2,1H3,(H2,21,22,24). The van der Waals surface area contributed by atoms with Gasteiger partial charge in [-0.3, -0.25) is 0 Å². The van der Waals surface area contributed by atoms with Gasteiger partial charge in [0.15, 0.2) is 11.5 Å². The van der Waals surface area contributed by atoms with Gasteiger partial charge in [0.1, 0.15) is 0 Å². The number of carbonyl (C=O) groups is 2. The molecular formula is C20H24N2O5. The molecule has 3 aliphatic rings. The summed E-state index contributed by atoms with van der Waals surface area (Å²) >= 11 is 0. The van der Waals surface area contributed by atoms with Crippen molar-refractivity contribution in [3.63, 3.8) is 0 Å². The van der Waals surface area contributed by atoms with Gasteiger partial charge in [-0.2, -0.15) is 0 Å². The Morgan fingerprint density at radius 2 is 1.96 bits per heavy atom. The number of nitrogens with one attached hydrogen (secondary N) is 2. The summed E-state index contributed by atoms with van der Waals surface area (Å²) in [7, 11) is 0. The summed E-state index contributed by atoms with van der Waals surface area (Å²) in [6.45, 7) is 2.32. The lowest BCUT2D eigenvalue weighted by Crippen LogP contribution is -2.45. The van der Waals surface area contributed by atoms with Gasteiger partial charge in [0.25, 0.3) is 0 Å². The molecule has 0 radical (unpaired) electrons. The maximum atomic E-state index is 12.8. The third-order valence-corrected chi connectivity index (χ3v) is 5.39. The highest BCUT2D eigenvalue weighted by atomic mass is 16.7. The van der Waals surface area contributed by atoms with Crippen LogP contribution in [0.25, 0.3) is 0 Å². The van der Waals surface area contributed by atoms with E-state index in [9.17, 15) is 9.59 Å². The quantitative estimate of drug-likeness (QED) is 0.793. The first-order chi connectivity index (χ1) is 13.1. The molecule has 2 aliphatic heterocycles. The molecule has 2 amide bonds. The number of rotatable bonds is 4. The Kier molecular flexibility index (Phi) is 4.92. The zero-order valence-corrected chi connectivity index (χ0v) is 15.4. The number of hydrogen-bond acceptors (Lipinski definition) is 5. The molecule has 0 aromatic heterocycles. The topological polar surface area (TPSA) is 85.9 Å². The summed E-state index contributed by atoms with van der Waals surface area (Å²) in [4.78, 5) is 24.8. The van der Waals surface area contributed by atoms with E-state index in [1.54, 1.807) is 19.1 Å². The first-order valence-electron chi connectivity index (χ1n) is 9.47. The Bertz CT molecular complexity index is 783. The molecule has 2 heterocycles. The number of fused-ring (bicyclic) bond motifs is 1. The molecule has 1 saturated carbocycles. The Morgan fingerprint density at radius 3 is 2.78 bits per heavy atom. The summed E-state index contributed by atoms with van der Waals surface area (Å²) in [5, 5.41) is 5.49. The van der Waals surface area contributed by atoms with Crippen LogP contribution in [-0.4, -0.2) is 25.4 Å². The van der Waals surface area contributed by atoms with Crippen molar-refractivity contribution in [3.8, 4) is 11.5 Å². The fourth-order valence-electron chi connectivity index (χ4n) is 3.93. The minimum atomic E-state index is -0.591. The van der Waals surface area contributed by atoms with Crippen LogP contribution in [0.1, 0.15) is 50.6 Å². The van der Waals surface area contributed by atoms with E-state index < -0.39 is 12.0 Å². The largest absolute Gasteiger partial charge is 0.462 e. The third-order valence-electron chi connectivity index (χ3n) is 5.39. The van der Waals surface area contributed by atoms with Gasteiger partial charge in [-0.1, -0.05) is 25.3 Å². The van der Waals surface area contributed by atoms with Crippen LogP contribution >= 0.6 is 0 Å². The molecule has 0 saturated heterocycles. The lowest BCUT2D eigenvalue weighted by atomic mass is 9.90. The second kappa shape index (κ2) is 7.50. The van der Waals surface area contributed by atoms with E-state index in [4.69, 9.17) is 14.2 Å². The maximum Gasteiger partial charge on any atom is 0.338 e. The lowest BCUT2D eigenvalue weighted by Gasteiger charge is -2.29. The highest BCUT2D eigenvalue weighted by Gasteiger charge is 2.33. The van der Waals surface area contributed by atoms with Crippen LogP contribution in [0, 0.1) is 5.92 Å². The van der Waals surface area contributed by atoms with Crippen LogP contribution in [0.15, 0.2) is 29.5 Å². The van der Waals surface area contributed by atoms with E-state index in [0.29, 0.717) is 35.3 Å². The molecule has 1 aromatic carbocycles. The van der Waals surface area contributed by atoms with Crippen molar-refractivity contribution in [1.29, 1.82) is 0 Å². The van der Waals surface area contributed by atoms with Gasteiger partial charge >= 0.3 is 12.0 Å². The second-order valence-corrected chi connectivity index (χ2v) is 7.29. The van der Waals surface area contributed by atoms with Gasteiger partial charge in [0.05, 0.1) is 18.2 Å². The van der Waals surface area contributed by atoms with Crippen LogP contribution in [0.5, 0.6) is 11.5 Å². The SMILES string of the molecule is CC1=C(C(=O)OCC2CCCCC2)C(c2ccc3c(c2)OCO3)NC(=O)N1. The molecule has 144 valence electrons. The fraction of sp³-hybridized carbons (Fsp3) is 0.500. The Balaban J connectivity index is 1.54. The van der Waals surface area contributed by atoms with Crippen LogP contribution in [0.4, 0.5) is 4.79 Å². The van der Waals surface area contributed by atoms with Crippen LogP contribution in [-0.2, 0) is 9.53 Å². The number of allylic oxidation sites excluding steroid dienone is 1. The molecule has 1 aromatic rings. The number of esters is 1. The van der Waals surface area contributed by atoms with Crippen molar-refractivity contribution in [2.45, 2.75) is 45.1 Å². The highest BCUT2D eigenvalue weighted by Crippen LogP contribution is 2.37. The minimum absolute atomic E-state index is 0.169. The first kappa shape index (κ1) is 17.7. The van der Waals surface area contributed by atoms with Gasteiger partial charge in [-0.05, 0) is 43.4 Å². The Hall–Kier alpha value is -2.70. The summed E-state index contributed by atoms with van der Waals surface area (Å²) in [5.74, 6) is 1.29. The van der Waals surface area contributed by atoms with Crippen molar-refractivity contribution in [1.82, 2.24) is 10.6 Å². The zero-order chi connectivity index (χ0) is 18.8. The molecule has 1 aliphatic carbocycles. The van der Waals surface area contributed by atoms with Gasteiger partial charge in [-0.25, -0.2) is 9.59 Å². The van der Waals surface area contributed by atoms with Crippen molar-refractivity contribution in [2.24, 2.45) is 5.92 Å². The van der Waals surface area contributed by atoms with Crippen LogP contribution in [0.3, 0.4) is 0 Å². The normalized spacial score (nSPS) is 22.3. The monoisotopic (exact) mass is 372 g/mol. The van der Waals surface area contributed by atoms with Crippen molar-refractivity contribution in [2.75, 3.05) is 13.4 Å². The molecular weight excluding hydrogens is 348 g/mol. The van der Waals surface area contributed by atoms with E-state index in [-0.39, 0.29) is 12.8 Å². The van der Waals surface area contributed by atoms with Gasteiger partial charge in [0.2, 0.25) is 6.79 Å². The highest BCUT2D eigenvalue weighted by molar-refractivity contribution is 5.95. The summed E-state index contributed by atoms with van der Waals surface area (Å²) in [5.41, 5.74) is 1.68. The Morgan fingerprint density at radius 1 is 1.19 bits per heavy atom. The number of hydrogen-bond donors (Lipinski definition) is 2. The lowest BCUT2D eigenvalue weighted by molar-refractivity contribution is -0.141. The molecule has 0 bridgehead atoms. The van der Waals surface area contributed by atoms with Gasteiger partial charge < -0.3 is 24.8 Å². The molecule has 1 unspecified atom stereocenters. The van der Waals surface area contributed by atoms with Gasteiger partial charge in [0, 0.05) is 5.70 Å². The van der Waals surface area contributed by atoms with E-state index >= 15 is 0 Å². The van der Waals surface area contributed by atoms with Crippen LogP contribution in [0.2, 0.25) is 0 Å². The van der Waals surface area contributed by atoms with E-state index in [1.807, 2.05) is 6.07 Å². The predicted octanol–water partition coefficient (Wildman–Crippen LogP) is 3.17. The smallest absolute Gasteiger partial charge is 0.338 e. The first-order valence-corrected chi connectivity index (χ1v) is 9.47. The molecule has 7 heteroatoms. The number of urea groups is 1. The van der Waals surface area contributed by atoms with Gasteiger partial charge in [-0.15, -0.1) is 0 Å². The number of ether oxygens (including phenoxy) is 3. The van der Waals surface area contributed by atoms with E-state index in [0.717, 1.165) is 18.4 Å². The molecule has 0 spiro atoms. The molecule has 1 fully saturated rings. The number of amides is 2. The molecule has 4 rings (SSSR count). The summed E-state index contributed by atoms with van der Waals surface area (Å²) < 4.78 is 16.4. The maximum absolute atomic E-state index is 12.8. The summed E-state index contributed by atoms with van der Waals surface area (Å²) in [6.07, 6.45) is 5.86. The second-order valence-electron chi connectivity index (χ2n) is 7.29. The van der Waals surface area contributed by atoms with E-state index in [2.05, 4.69) is 10.6 Å². The average Bonchev–Trinajstić information content (AvgIpc) is 3.14. The predicted molar refractivity (Wildman–Crippen MR) is 97.2 cm³/mol. The van der Waals surface area contributed by atoms with Crippen molar-refractivity contribution >= 4 is 12.0 Å². The van der Waals surface area contributed by atoms with Crippen molar-refractivity contribution < 1.29 is 23.8 Å². The van der Waals surface area contributed by atoms with Crippen molar-refractivity contribution in [3.05, 3.63) is 35.0 Å². The number of benzene rings is 1. The molecule has 27 heavy (non-hydrogen) atoms. The average molecular weight is 372 g/mol. The van der Waals surface area contributed by atoms with Crippen LogP contribution < -0.4 is 20.1 Å². The summed E-state index contributed by atoms with van der Waals surface area (Å²) in [6, 6.07) is 4.46. The zero-order valence-electron chi connectivity index (χ0n) is 15.4. The fourth-order valence-corrected chi connectivity index (χ4v) is 3.93. The van der Waals surface area contributed by atoms with E-state index in [1.165, 1.54) is 19.3 Å². The Labute approximate surface area is 158 Å². The third kappa shape index (κ3) is 3.72.